The Hall–Kier alpha value is -1.64. The molecule has 1 N–H and O–H groups in total. The highest BCUT2D eigenvalue weighted by atomic mass is 32.2. The first-order valence-electron chi connectivity index (χ1n) is 7.52. The van der Waals surface area contributed by atoms with Crippen LogP contribution in [-0.4, -0.2) is 62.7 Å². The molecule has 3 rings (SSSR count). The number of hydrogen-bond acceptors (Lipinski definition) is 5. The van der Waals surface area contributed by atoms with E-state index in [1.165, 1.54) is 0 Å². The Kier molecular flexibility index (Phi) is 4.07. The van der Waals surface area contributed by atoms with Gasteiger partial charge in [0, 0.05) is 25.8 Å². The van der Waals surface area contributed by atoms with Gasteiger partial charge in [0.2, 0.25) is 10.0 Å². The number of nitrogens with zero attached hydrogens (tertiary/aromatic N) is 2. The minimum Gasteiger partial charge on any atom is -0.480 e. The maximum atomic E-state index is 12.9. The summed E-state index contributed by atoms with van der Waals surface area (Å²) in [6.07, 6.45) is 0.200. The van der Waals surface area contributed by atoms with Crippen molar-refractivity contribution in [1.82, 2.24) is 4.31 Å². The lowest BCUT2D eigenvalue weighted by molar-refractivity contribution is -0.150. The van der Waals surface area contributed by atoms with Crippen molar-refractivity contribution >= 4 is 21.7 Å². The average molecular weight is 340 g/mol. The molecule has 0 bridgehead atoms. The van der Waals surface area contributed by atoms with Gasteiger partial charge in [-0.05, 0) is 31.0 Å². The van der Waals surface area contributed by atoms with Gasteiger partial charge in [-0.1, -0.05) is 6.07 Å². The number of morpholine rings is 1. The van der Waals surface area contributed by atoms with Crippen LogP contribution in [0.2, 0.25) is 0 Å². The quantitative estimate of drug-likeness (QED) is 0.864. The monoisotopic (exact) mass is 340 g/mol. The van der Waals surface area contributed by atoms with Gasteiger partial charge in [-0.25, -0.2) is 8.42 Å². The molecule has 0 amide bonds. The Morgan fingerprint density at radius 2 is 2.09 bits per heavy atom. The molecule has 0 spiro atoms. The second kappa shape index (κ2) is 5.77. The van der Waals surface area contributed by atoms with Gasteiger partial charge in [-0.15, -0.1) is 0 Å². The number of aliphatic carboxylic acids is 1. The molecule has 1 aromatic rings. The summed E-state index contributed by atoms with van der Waals surface area (Å²) in [7, 11) is -1.97. The van der Waals surface area contributed by atoms with Gasteiger partial charge < -0.3 is 14.7 Å². The molecule has 2 aliphatic heterocycles. The Bertz CT molecular complexity index is 733. The van der Waals surface area contributed by atoms with E-state index < -0.39 is 28.1 Å². The number of sulfonamides is 1. The van der Waals surface area contributed by atoms with E-state index in [4.69, 9.17) is 4.74 Å². The normalized spacial score (nSPS) is 25.4. The van der Waals surface area contributed by atoms with Crippen LogP contribution in [0.5, 0.6) is 0 Å². The largest absolute Gasteiger partial charge is 0.480 e. The highest BCUT2D eigenvalue weighted by Crippen LogP contribution is 2.31. The third kappa shape index (κ3) is 2.71. The molecule has 126 valence electrons. The van der Waals surface area contributed by atoms with Gasteiger partial charge in [0.05, 0.1) is 17.6 Å². The molecule has 8 heteroatoms. The van der Waals surface area contributed by atoms with Crippen LogP contribution in [0, 0.1) is 0 Å². The van der Waals surface area contributed by atoms with E-state index in [0.29, 0.717) is 0 Å². The average Bonchev–Trinajstić information content (AvgIpc) is 2.87. The minimum atomic E-state index is -3.89. The second-order valence-corrected chi connectivity index (χ2v) is 7.83. The Labute approximate surface area is 135 Å². The molecule has 2 aliphatic rings. The van der Waals surface area contributed by atoms with Crippen LogP contribution >= 0.6 is 0 Å². The van der Waals surface area contributed by atoms with Crippen molar-refractivity contribution in [2.45, 2.75) is 30.4 Å². The molecule has 0 aromatic heterocycles. The molecule has 0 saturated carbocycles. The van der Waals surface area contributed by atoms with E-state index in [2.05, 4.69) is 0 Å². The standard InChI is InChI=1S/C15H20N2O5S/c1-10-14(15(18)19)17(7-8-22-10)23(20,21)12-4-3-11-5-6-16(2)13(11)9-12/h3-4,9-10,14H,5-8H2,1-2H3,(H,18,19)/t10-,14+/m0/s1. The number of benzene rings is 1. The van der Waals surface area contributed by atoms with E-state index >= 15 is 0 Å². The summed E-state index contributed by atoms with van der Waals surface area (Å²) in [6.45, 7) is 2.66. The molecule has 0 unspecified atom stereocenters. The molecule has 1 saturated heterocycles. The lowest BCUT2D eigenvalue weighted by Gasteiger charge is -2.36. The van der Waals surface area contributed by atoms with Gasteiger partial charge >= 0.3 is 5.97 Å². The lowest BCUT2D eigenvalue weighted by atomic mass is 10.1. The Morgan fingerprint density at radius 3 is 2.78 bits per heavy atom. The molecule has 2 atom stereocenters. The Balaban J connectivity index is 2.01. The first-order valence-corrected chi connectivity index (χ1v) is 8.96. The first-order chi connectivity index (χ1) is 10.8. The summed E-state index contributed by atoms with van der Waals surface area (Å²) in [6, 6.07) is 3.80. The summed E-state index contributed by atoms with van der Waals surface area (Å²) in [4.78, 5) is 13.6. The predicted molar refractivity (Wildman–Crippen MR) is 84.1 cm³/mol. The zero-order valence-corrected chi connectivity index (χ0v) is 13.9. The van der Waals surface area contributed by atoms with Gasteiger partial charge in [-0.3, -0.25) is 4.79 Å². The summed E-state index contributed by atoms with van der Waals surface area (Å²) in [5.41, 5.74) is 2.00. The summed E-state index contributed by atoms with van der Waals surface area (Å²) in [5.74, 6) is -1.20. The van der Waals surface area contributed by atoms with Crippen molar-refractivity contribution in [3.05, 3.63) is 23.8 Å². The smallest absolute Gasteiger partial charge is 0.324 e. The molecule has 1 aromatic carbocycles. The number of ether oxygens (including phenoxy) is 1. The molecular formula is C15H20N2O5S. The fraction of sp³-hybridized carbons (Fsp3) is 0.533. The van der Waals surface area contributed by atoms with E-state index in [9.17, 15) is 18.3 Å². The maximum absolute atomic E-state index is 12.9. The van der Waals surface area contributed by atoms with Gasteiger partial charge in [0.25, 0.3) is 0 Å². The van der Waals surface area contributed by atoms with Crippen molar-refractivity contribution in [2.75, 3.05) is 31.6 Å². The third-order valence-electron chi connectivity index (χ3n) is 4.49. The molecule has 0 radical (unpaired) electrons. The van der Waals surface area contributed by atoms with Crippen LogP contribution < -0.4 is 4.90 Å². The molecule has 0 aliphatic carbocycles. The number of carboxylic acids is 1. The summed E-state index contributed by atoms with van der Waals surface area (Å²) in [5, 5.41) is 9.39. The lowest BCUT2D eigenvalue weighted by Crippen LogP contribution is -2.56. The van der Waals surface area contributed by atoms with Crippen molar-refractivity contribution in [3.63, 3.8) is 0 Å². The molecular weight excluding hydrogens is 320 g/mol. The number of rotatable bonds is 3. The summed E-state index contributed by atoms with van der Waals surface area (Å²) >= 11 is 0. The number of carboxylic acid groups (broad SMARTS) is 1. The maximum Gasteiger partial charge on any atom is 0.324 e. The number of likely N-dealkylation sites (N-methyl/N-ethyl adjacent to an activating group) is 1. The van der Waals surface area contributed by atoms with Crippen molar-refractivity contribution in [2.24, 2.45) is 0 Å². The van der Waals surface area contributed by atoms with Crippen LogP contribution in [0.25, 0.3) is 0 Å². The van der Waals surface area contributed by atoms with Crippen molar-refractivity contribution in [1.29, 1.82) is 0 Å². The van der Waals surface area contributed by atoms with Crippen molar-refractivity contribution < 1.29 is 23.1 Å². The van der Waals surface area contributed by atoms with Crippen LogP contribution in [0.3, 0.4) is 0 Å². The fourth-order valence-corrected chi connectivity index (χ4v) is 4.85. The predicted octanol–water partition coefficient (Wildman–Crippen LogP) is 0.541. The van der Waals surface area contributed by atoms with Crippen LogP contribution in [0.1, 0.15) is 12.5 Å². The number of fused-ring (bicyclic) bond motifs is 1. The first kappa shape index (κ1) is 16.2. The number of carbonyl (C=O) groups is 1. The van der Waals surface area contributed by atoms with Crippen LogP contribution in [0.15, 0.2) is 23.1 Å². The van der Waals surface area contributed by atoms with E-state index in [0.717, 1.165) is 28.5 Å². The van der Waals surface area contributed by atoms with Crippen LogP contribution in [-0.2, 0) is 26.0 Å². The zero-order chi connectivity index (χ0) is 16.8. The number of hydrogen-bond donors (Lipinski definition) is 1. The molecule has 7 nitrogen and oxygen atoms in total. The molecule has 1 fully saturated rings. The SMILES string of the molecule is C[C@@H]1OCCN(S(=O)(=O)c2ccc3c(c2)N(C)CC3)[C@H]1C(=O)O. The topological polar surface area (TPSA) is 87.2 Å². The highest BCUT2D eigenvalue weighted by molar-refractivity contribution is 7.89. The molecule has 2 heterocycles. The van der Waals surface area contributed by atoms with Gasteiger partial charge in [0.1, 0.15) is 6.04 Å². The van der Waals surface area contributed by atoms with E-state index in [-0.39, 0.29) is 18.0 Å². The van der Waals surface area contributed by atoms with Gasteiger partial charge in [-0.2, -0.15) is 4.31 Å². The Morgan fingerprint density at radius 1 is 1.35 bits per heavy atom. The fourth-order valence-electron chi connectivity index (χ4n) is 3.20. The van der Waals surface area contributed by atoms with Gasteiger partial charge in [0.15, 0.2) is 0 Å². The highest BCUT2D eigenvalue weighted by Gasteiger charge is 2.42. The second-order valence-electron chi connectivity index (χ2n) is 5.94. The van der Waals surface area contributed by atoms with E-state index in [1.807, 2.05) is 18.0 Å². The number of anilines is 1. The minimum absolute atomic E-state index is 0.0383. The van der Waals surface area contributed by atoms with Crippen molar-refractivity contribution in [3.8, 4) is 0 Å². The van der Waals surface area contributed by atoms with E-state index in [1.54, 1.807) is 19.1 Å². The van der Waals surface area contributed by atoms with Crippen LogP contribution in [0.4, 0.5) is 5.69 Å². The molecule has 23 heavy (non-hydrogen) atoms. The zero-order valence-electron chi connectivity index (χ0n) is 13.1. The summed E-state index contributed by atoms with van der Waals surface area (Å²) < 4.78 is 32.2. The third-order valence-corrected chi connectivity index (χ3v) is 6.37.